The number of thiophene rings is 1. The lowest BCUT2D eigenvalue weighted by molar-refractivity contribution is 1.36. The Morgan fingerprint density at radius 2 is 1.89 bits per heavy atom. The molecule has 0 spiro atoms. The molecule has 0 fully saturated rings. The highest BCUT2D eigenvalue weighted by atomic mass is 32.1. The monoisotopic (exact) mass is 249 g/mol. The second-order valence-electron chi connectivity index (χ2n) is 4.57. The van der Waals surface area contributed by atoms with E-state index in [1.54, 1.807) is 0 Å². The van der Waals surface area contributed by atoms with Gasteiger partial charge in [-0.15, -0.1) is 11.3 Å². The minimum Gasteiger partial charge on any atom is -0.264 e. The highest BCUT2D eigenvalue weighted by molar-refractivity contribution is 7.26. The van der Waals surface area contributed by atoms with E-state index >= 15 is 0 Å². The Labute approximate surface area is 109 Å². The molecule has 0 unspecified atom stereocenters. The number of benzene rings is 2. The van der Waals surface area contributed by atoms with Gasteiger partial charge >= 0.3 is 0 Å². The average Bonchev–Trinajstić information content (AvgIpc) is 2.79. The molecule has 0 N–H and O–H groups in total. The van der Waals surface area contributed by atoms with Gasteiger partial charge in [-0.3, -0.25) is 4.98 Å². The largest absolute Gasteiger partial charge is 0.264 e. The van der Waals surface area contributed by atoms with Gasteiger partial charge in [-0.2, -0.15) is 0 Å². The highest BCUT2D eigenvalue weighted by Gasteiger charge is 2.09. The molecule has 4 aromatic rings. The molecule has 0 saturated carbocycles. The molecule has 0 aliphatic heterocycles. The van der Waals surface area contributed by atoms with Crippen LogP contribution in [0.5, 0.6) is 0 Å². The molecule has 2 aromatic carbocycles. The van der Waals surface area contributed by atoms with Crippen LogP contribution in [0.25, 0.3) is 30.9 Å². The van der Waals surface area contributed by atoms with Crippen LogP contribution in [0.2, 0.25) is 0 Å². The Bertz CT molecular complexity index is 889. The second-order valence-corrected chi connectivity index (χ2v) is 5.63. The van der Waals surface area contributed by atoms with E-state index in [1.807, 2.05) is 23.7 Å². The number of pyridine rings is 1. The van der Waals surface area contributed by atoms with Crippen molar-refractivity contribution in [2.75, 3.05) is 0 Å². The van der Waals surface area contributed by atoms with Gasteiger partial charge in [0.15, 0.2) is 0 Å². The summed E-state index contributed by atoms with van der Waals surface area (Å²) in [5.74, 6) is 0. The van der Waals surface area contributed by atoms with E-state index in [2.05, 4.69) is 48.3 Å². The maximum Gasteiger partial charge on any atom is 0.0391 e. The maximum atomic E-state index is 4.23. The van der Waals surface area contributed by atoms with E-state index < -0.39 is 0 Å². The van der Waals surface area contributed by atoms with E-state index in [0.717, 1.165) is 0 Å². The maximum absolute atomic E-state index is 4.23. The number of hydrogen-bond donors (Lipinski definition) is 0. The molecule has 0 amide bonds. The van der Waals surface area contributed by atoms with Gasteiger partial charge < -0.3 is 0 Å². The summed E-state index contributed by atoms with van der Waals surface area (Å²) in [5.41, 5.74) is 1.37. The first-order valence-corrected chi connectivity index (χ1v) is 6.81. The smallest absolute Gasteiger partial charge is 0.0391 e. The van der Waals surface area contributed by atoms with Crippen LogP contribution in [-0.4, -0.2) is 4.98 Å². The fraction of sp³-hybridized carbons (Fsp3) is 0.0625. The molecular formula is C16H11NS. The van der Waals surface area contributed by atoms with E-state index in [-0.39, 0.29) is 0 Å². The fourth-order valence-electron chi connectivity index (χ4n) is 2.63. The lowest BCUT2D eigenvalue weighted by atomic mass is 10.0. The van der Waals surface area contributed by atoms with Crippen molar-refractivity contribution < 1.29 is 0 Å². The topological polar surface area (TPSA) is 12.9 Å². The number of hydrogen-bond acceptors (Lipinski definition) is 2. The van der Waals surface area contributed by atoms with E-state index in [4.69, 9.17) is 0 Å². The fourth-order valence-corrected chi connectivity index (χ4v) is 3.82. The van der Waals surface area contributed by atoms with E-state index in [9.17, 15) is 0 Å². The number of fused-ring (bicyclic) bond motifs is 4. The van der Waals surface area contributed by atoms with Crippen LogP contribution >= 0.6 is 11.3 Å². The van der Waals surface area contributed by atoms with Gasteiger partial charge in [0.05, 0.1) is 0 Å². The van der Waals surface area contributed by atoms with Crippen molar-refractivity contribution in [3.8, 4) is 0 Å². The van der Waals surface area contributed by atoms with E-state index in [1.165, 1.54) is 36.5 Å². The molecule has 0 aliphatic rings. The summed E-state index contributed by atoms with van der Waals surface area (Å²) >= 11 is 1.88. The molecule has 0 saturated heterocycles. The Hall–Kier alpha value is -1.93. The number of nitrogens with zero attached hydrogens (tertiary/aromatic N) is 1. The molecule has 0 atom stereocenters. The summed E-state index contributed by atoms with van der Waals surface area (Å²) in [7, 11) is 0. The van der Waals surface area contributed by atoms with Crippen LogP contribution in [0.1, 0.15) is 5.56 Å². The lowest BCUT2D eigenvalue weighted by Crippen LogP contribution is -1.80. The summed E-state index contributed by atoms with van der Waals surface area (Å²) in [6.07, 6.45) is 3.82. The van der Waals surface area contributed by atoms with Gasteiger partial charge in [0, 0.05) is 38.0 Å². The second kappa shape index (κ2) is 3.53. The minimum atomic E-state index is 1.23. The molecule has 2 heterocycles. The van der Waals surface area contributed by atoms with Crippen molar-refractivity contribution in [2.45, 2.75) is 6.92 Å². The van der Waals surface area contributed by atoms with Crippen molar-refractivity contribution in [3.63, 3.8) is 0 Å². The van der Waals surface area contributed by atoms with Gasteiger partial charge in [-0.05, 0) is 36.1 Å². The summed E-state index contributed by atoms with van der Waals surface area (Å²) in [4.78, 5) is 4.23. The van der Waals surface area contributed by atoms with Crippen LogP contribution in [0.3, 0.4) is 0 Å². The standard InChI is InChI=1S/C16H11NS/c1-10-12-6-7-17-9-11(12)8-14-13-4-2-3-5-15(13)18-16(10)14/h2-9H,1H3. The molecule has 2 heteroatoms. The molecule has 4 rings (SSSR count). The minimum absolute atomic E-state index is 1.23. The number of rotatable bonds is 0. The van der Waals surface area contributed by atoms with Gasteiger partial charge in [-0.1, -0.05) is 18.2 Å². The molecule has 2 aromatic heterocycles. The molecule has 0 bridgehead atoms. The first-order valence-electron chi connectivity index (χ1n) is 5.99. The van der Waals surface area contributed by atoms with Crippen molar-refractivity contribution in [1.29, 1.82) is 0 Å². The molecule has 0 radical (unpaired) electrons. The van der Waals surface area contributed by atoms with Gasteiger partial charge in [-0.25, -0.2) is 0 Å². The number of aromatic nitrogens is 1. The highest BCUT2D eigenvalue weighted by Crippen LogP contribution is 2.38. The van der Waals surface area contributed by atoms with Crippen molar-refractivity contribution in [1.82, 2.24) is 4.98 Å². The third-order valence-corrected chi connectivity index (χ3v) is 4.84. The predicted molar refractivity (Wildman–Crippen MR) is 79.4 cm³/mol. The zero-order valence-electron chi connectivity index (χ0n) is 9.97. The first-order chi connectivity index (χ1) is 8.84. The molecule has 0 aliphatic carbocycles. The number of aryl methyl sites for hydroxylation is 1. The SMILES string of the molecule is Cc1c2ccncc2cc2c1sc1ccccc12. The summed E-state index contributed by atoms with van der Waals surface area (Å²) in [5, 5.41) is 5.25. The van der Waals surface area contributed by atoms with Crippen LogP contribution in [-0.2, 0) is 0 Å². The molecule has 18 heavy (non-hydrogen) atoms. The lowest BCUT2D eigenvalue weighted by Gasteiger charge is -2.03. The van der Waals surface area contributed by atoms with Crippen molar-refractivity contribution in [2.24, 2.45) is 0 Å². The Kier molecular flexibility index (Phi) is 1.97. The molecular weight excluding hydrogens is 238 g/mol. The summed E-state index contributed by atoms with van der Waals surface area (Å²) in [6.45, 7) is 2.21. The Morgan fingerprint density at radius 3 is 2.83 bits per heavy atom. The normalized spacial score (nSPS) is 11.6. The first kappa shape index (κ1) is 10.0. The molecule has 86 valence electrons. The Balaban J connectivity index is 2.33. The van der Waals surface area contributed by atoms with Gasteiger partial charge in [0.1, 0.15) is 0 Å². The summed E-state index contributed by atoms with van der Waals surface area (Å²) in [6, 6.07) is 13.0. The third kappa shape index (κ3) is 1.24. The van der Waals surface area contributed by atoms with Crippen LogP contribution in [0.4, 0.5) is 0 Å². The van der Waals surface area contributed by atoms with E-state index in [0.29, 0.717) is 0 Å². The third-order valence-electron chi connectivity index (χ3n) is 3.53. The zero-order chi connectivity index (χ0) is 12.1. The predicted octanol–water partition coefficient (Wildman–Crippen LogP) is 4.91. The van der Waals surface area contributed by atoms with Crippen LogP contribution < -0.4 is 0 Å². The van der Waals surface area contributed by atoms with Crippen molar-refractivity contribution >= 4 is 42.3 Å². The quantitative estimate of drug-likeness (QED) is 0.431. The zero-order valence-corrected chi connectivity index (χ0v) is 10.8. The Morgan fingerprint density at radius 1 is 1.00 bits per heavy atom. The molecule has 1 nitrogen and oxygen atoms in total. The van der Waals surface area contributed by atoms with Crippen molar-refractivity contribution in [3.05, 3.63) is 54.4 Å². The summed E-state index contributed by atoms with van der Waals surface area (Å²) < 4.78 is 2.76. The van der Waals surface area contributed by atoms with Gasteiger partial charge in [0.2, 0.25) is 0 Å². The average molecular weight is 249 g/mol. The van der Waals surface area contributed by atoms with Crippen LogP contribution in [0.15, 0.2) is 48.8 Å². The van der Waals surface area contributed by atoms with Gasteiger partial charge in [0.25, 0.3) is 0 Å². The van der Waals surface area contributed by atoms with Crippen LogP contribution in [0, 0.1) is 6.92 Å².